The molecule has 0 spiro atoms. The maximum absolute atomic E-state index is 13.1. The molecule has 0 unspecified atom stereocenters. The first-order valence-corrected chi connectivity index (χ1v) is 9.03. The number of carbonyl (C=O) groups is 1. The van der Waals surface area contributed by atoms with Gasteiger partial charge in [-0.1, -0.05) is 11.6 Å². The number of fused-ring (bicyclic) bond motifs is 1. The quantitative estimate of drug-likeness (QED) is 0.710. The van der Waals surface area contributed by atoms with Crippen LogP contribution in [0.15, 0.2) is 36.7 Å². The molecule has 0 saturated carbocycles. The van der Waals surface area contributed by atoms with Crippen LogP contribution in [0, 0.1) is 0 Å². The van der Waals surface area contributed by atoms with Crippen molar-refractivity contribution < 1.29 is 9.53 Å². The minimum Gasteiger partial charge on any atom is -0.378 e. The Bertz CT molecular complexity index is 963. The van der Waals surface area contributed by atoms with E-state index in [1.807, 2.05) is 34.8 Å². The Labute approximate surface area is 156 Å². The summed E-state index contributed by atoms with van der Waals surface area (Å²) in [6, 6.07) is 7.28. The molecule has 7 heteroatoms. The van der Waals surface area contributed by atoms with E-state index in [0.717, 1.165) is 28.7 Å². The zero-order chi connectivity index (χ0) is 18.1. The number of aromatic nitrogens is 3. The fourth-order valence-corrected chi connectivity index (χ4v) is 3.30. The van der Waals surface area contributed by atoms with Gasteiger partial charge in [-0.3, -0.25) is 9.48 Å². The predicted octanol–water partition coefficient (Wildman–Crippen LogP) is 3.24. The van der Waals surface area contributed by atoms with E-state index in [9.17, 15) is 4.79 Å². The maximum Gasteiger partial charge on any atom is 0.254 e. The molecule has 1 aromatic carbocycles. The largest absolute Gasteiger partial charge is 0.378 e. The number of benzene rings is 1. The van der Waals surface area contributed by atoms with Gasteiger partial charge in [0.15, 0.2) is 0 Å². The maximum atomic E-state index is 13.1. The topological polar surface area (TPSA) is 60.2 Å². The minimum absolute atomic E-state index is 0.0212. The van der Waals surface area contributed by atoms with Crippen molar-refractivity contribution in [1.82, 2.24) is 19.7 Å². The van der Waals surface area contributed by atoms with Crippen LogP contribution < -0.4 is 0 Å². The monoisotopic (exact) mass is 370 g/mol. The summed E-state index contributed by atoms with van der Waals surface area (Å²) in [6.07, 6.45) is 3.71. The van der Waals surface area contributed by atoms with Crippen molar-refractivity contribution in [2.24, 2.45) is 0 Å². The summed E-state index contributed by atoms with van der Waals surface area (Å²) in [7, 11) is 0. The Hall–Kier alpha value is -2.44. The van der Waals surface area contributed by atoms with Crippen molar-refractivity contribution in [3.8, 4) is 11.3 Å². The summed E-state index contributed by atoms with van der Waals surface area (Å²) in [5.74, 6) is -0.0212. The average molecular weight is 371 g/mol. The van der Waals surface area contributed by atoms with E-state index >= 15 is 0 Å². The molecule has 3 heterocycles. The summed E-state index contributed by atoms with van der Waals surface area (Å²) in [5.41, 5.74) is 2.97. The Morgan fingerprint density at radius 2 is 2.08 bits per heavy atom. The first kappa shape index (κ1) is 17.0. The molecule has 1 aliphatic rings. The van der Waals surface area contributed by atoms with Crippen LogP contribution in [0.5, 0.6) is 0 Å². The Morgan fingerprint density at radius 1 is 1.27 bits per heavy atom. The van der Waals surface area contributed by atoms with Crippen molar-refractivity contribution in [3.63, 3.8) is 0 Å². The Kier molecular flexibility index (Phi) is 4.61. The molecule has 26 heavy (non-hydrogen) atoms. The normalized spacial score (nSPS) is 14.8. The van der Waals surface area contributed by atoms with Crippen molar-refractivity contribution in [2.45, 2.75) is 13.5 Å². The third-order valence-electron chi connectivity index (χ3n) is 4.55. The van der Waals surface area contributed by atoms with E-state index in [1.165, 1.54) is 0 Å². The van der Waals surface area contributed by atoms with Crippen LogP contribution in [0.4, 0.5) is 0 Å². The highest BCUT2D eigenvalue weighted by Gasteiger charge is 2.22. The molecule has 1 saturated heterocycles. The van der Waals surface area contributed by atoms with Gasteiger partial charge in [-0.05, 0) is 31.2 Å². The van der Waals surface area contributed by atoms with E-state index in [4.69, 9.17) is 21.3 Å². The van der Waals surface area contributed by atoms with Crippen LogP contribution in [0.3, 0.4) is 0 Å². The van der Waals surface area contributed by atoms with Crippen molar-refractivity contribution >= 4 is 28.4 Å². The van der Waals surface area contributed by atoms with Crippen LogP contribution >= 0.6 is 11.6 Å². The first-order valence-electron chi connectivity index (χ1n) is 8.66. The molecule has 3 aromatic rings. The van der Waals surface area contributed by atoms with Crippen molar-refractivity contribution in [1.29, 1.82) is 0 Å². The molecule has 0 bridgehead atoms. The van der Waals surface area contributed by atoms with E-state index in [1.54, 1.807) is 18.3 Å². The molecule has 0 atom stereocenters. The number of halogens is 1. The fraction of sp³-hybridized carbons (Fsp3) is 0.316. The molecular formula is C19H19ClN4O2. The molecule has 1 fully saturated rings. The number of aryl methyl sites for hydroxylation is 1. The molecule has 134 valence electrons. The van der Waals surface area contributed by atoms with Gasteiger partial charge in [-0.15, -0.1) is 0 Å². The van der Waals surface area contributed by atoms with Gasteiger partial charge in [-0.2, -0.15) is 5.10 Å². The lowest BCUT2D eigenvalue weighted by atomic mass is 10.0. The lowest BCUT2D eigenvalue weighted by Crippen LogP contribution is -2.40. The summed E-state index contributed by atoms with van der Waals surface area (Å²) < 4.78 is 7.20. The summed E-state index contributed by atoms with van der Waals surface area (Å²) in [5, 5.41) is 5.66. The predicted molar refractivity (Wildman–Crippen MR) is 100 cm³/mol. The molecular weight excluding hydrogens is 352 g/mol. The van der Waals surface area contributed by atoms with Gasteiger partial charge in [0.05, 0.1) is 36.2 Å². The van der Waals surface area contributed by atoms with E-state index < -0.39 is 0 Å². The van der Waals surface area contributed by atoms with Gasteiger partial charge in [0, 0.05) is 41.8 Å². The van der Waals surface area contributed by atoms with Crippen molar-refractivity contribution in [3.05, 3.63) is 47.2 Å². The number of rotatable bonds is 3. The SMILES string of the molecule is CCn1cc(-c2cc(C(=O)N3CCOCC3)c3cc(Cl)ccc3n2)cn1. The molecule has 6 nitrogen and oxygen atoms in total. The molecule has 4 rings (SSSR count). The number of amides is 1. The highest BCUT2D eigenvalue weighted by molar-refractivity contribution is 6.31. The molecule has 2 aromatic heterocycles. The lowest BCUT2D eigenvalue weighted by Gasteiger charge is -2.27. The standard InChI is InChI=1S/C19H19ClN4O2/c1-2-24-12-13(11-21-24)18-10-16(19(25)23-5-7-26-8-6-23)15-9-14(20)3-4-17(15)22-18/h3-4,9-12H,2,5-8H2,1H3. The second-order valence-corrected chi connectivity index (χ2v) is 6.64. The van der Waals surface area contributed by atoms with Gasteiger partial charge in [0.2, 0.25) is 0 Å². The number of nitrogens with zero attached hydrogens (tertiary/aromatic N) is 4. The van der Waals surface area contributed by atoms with E-state index in [2.05, 4.69) is 5.10 Å². The Balaban J connectivity index is 1.85. The first-order chi connectivity index (χ1) is 12.7. The number of hydrogen-bond acceptors (Lipinski definition) is 4. The van der Waals surface area contributed by atoms with Crippen LogP contribution in [0.25, 0.3) is 22.2 Å². The number of pyridine rings is 1. The summed E-state index contributed by atoms with van der Waals surface area (Å²) >= 11 is 6.17. The number of hydrogen-bond donors (Lipinski definition) is 0. The molecule has 1 aliphatic heterocycles. The van der Waals surface area contributed by atoms with E-state index in [0.29, 0.717) is 36.9 Å². The second-order valence-electron chi connectivity index (χ2n) is 6.21. The number of morpholine rings is 1. The van der Waals surface area contributed by atoms with Gasteiger partial charge in [-0.25, -0.2) is 4.98 Å². The Morgan fingerprint density at radius 3 is 2.81 bits per heavy atom. The number of carbonyl (C=O) groups excluding carboxylic acids is 1. The highest BCUT2D eigenvalue weighted by atomic mass is 35.5. The van der Waals surface area contributed by atoms with Gasteiger partial charge >= 0.3 is 0 Å². The number of ether oxygens (including phenoxy) is 1. The molecule has 1 amide bonds. The average Bonchev–Trinajstić information content (AvgIpc) is 3.16. The lowest BCUT2D eigenvalue weighted by molar-refractivity contribution is 0.0304. The second kappa shape index (κ2) is 7.05. The van der Waals surface area contributed by atoms with Gasteiger partial charge in [0.1, 0.15) is 0 Å². The molecule has 0 radical (unpaired) electrons. The van der Waals surface area contributed by atoms with Crippen LogP contribution in [0.1, 0.15) is 17.3 Å². The molecule has 0 aliphatic carbocycles. The van der Waals surface area contributed by atoms with Gasteiger partial charge in [0.25, 0.3) is 5.91 Å². The molecule has 0 N–H and O–H groups in total. The van der Waals surface area contributed by atoms with Crippen molar-refractivity contribution in [2.75, 3.05) is 26.3 Å². The van der Waals surface area contributed by atoms with Crippen LogP contribution in [0.2, 0.25) is 5.02 Å². The third kappa shape index (κ3) is 3.18. The van der Waals surface area contributed by atoms with E-state index in [-0.39, 0.29) is 5.91 Å². The van der Waals surface area contributed by atoms with Crippen LogP contribution in [-0.4, -0.2) is 51.9 Å². The summed E-state index contributed by atoms with van der Waals surface area (Å²) in [6.45, 7) is 5.11. The zero-order valence-corrected chi connectivity index (χ0v) is 15.2. The van der Waals surface area contributed by atoms with Gasteiger partial charge < -0.3 is 9.64 Å². The van der Waals surface area contributed by atoms with Crippen LogP contribution in [-0.2, 0) is 11.3 Å². The third-order valence-corrected chi connectivity index (χ3v) is 4.79. The highest BCUT2D eigenvalue weighted by Crippen LogP contribution is 2.28. The zero-order valence-electron chi connectivity index (χ0n) is 14.5. The summed E-state index contributed by atoms with van der Waals surface area (Å²) in [4.78, 5) is 19.7. The minimum atomic E-state index is -0.0212. The fourth-order valence-electron chi connectivity index (χ4n) is 3.13. The smallest absolute Gasteiger partial charge is 0.254 e.